The monoisotopic (exact) mass is 289 g/mol. The second-order valence-corrected chi connectivity index (χ2v) is 5.80. The average molecular weight is 289 g/mol. The van der Waals surface area contributed by atoms with E-state index in [1.807, 2.05) is 37.3 Å². The molecule has 4 nitrogen and oxygen atoms in total. The maximum absolute atomic E-state index is 12.5. The zero-order valence-corrected chi connectivity index (χ0v) is 13.3. The molecule has 0 saturated carbocycles. The number of carbonyl (C=O) groups excluding carboxylic acids is 1. The first-order chi connectivity index (χ1) is 10.2. The van der Waals surface area contributed by atoms with Crippen LogP contribution in [0.2, 0.25) is 0 Å². The standard InChI is InChI=1S/C17H27N3O/c1-4-14-12-20(16(5-2)11-18-14)13(3)17(21)19-15-9-7-6-8-10-15/h6-10,13-14,16,18H,4-5,11-12H2,1-3H3,(H,19,21). The van der Waals surface area contributed by atoms with Gasteiger partial charge in [0.25, 0.3) is 0 Å². The molecule has 1 heterocycles. The summed E-state index contributed by atoms with van der Waals surface area (Å²) in [5.41, 5.74) is 0.865. The maximum atomic E-state index is 12.5. The van der Waals surface area contributed by atoms with Crippen molar-refractivity contribution in [3.8, 4) is 0 Å². The summed E-state index contributed by atoms with van der Waals surface area (Å²) in [7, 11) is 0. The molecule has 3 atom stereocenters. The number of piperazine rings is 1. The highest BCUT2D eigenvalue weighted by Gasteiger charge is 2.32. The van der Waals surface area contributed by atoms with Crippen LogP contribution in [0.1, 0.15) is 33.6 Å². The van der Waals surface area contributed by atoms with Crippen LogP contribution < -0.4 is 10.6 Å². The first kappa shape index (κ1) is 16.0. The smallest absolute Gasteiger partial charge is 0.241 e. The summed E-state index contributed by atoms with van der Waals surface area (Å²) in [4.78, 5) is 14.8. The summed E-state index contributed by atoms with van der Waals surface area (Å²) in [5.74, 6) is 0.0800. The molecule has 4 heteroatoms. The van der Waals surface area contributed by atoms with E-state index in [4.69, 9.17) is 0 Å². The Balaban J connectivity index is 2.02. The van der Waals surface area contributed by atoms with Crippen molar-refractivity contribution in [1.82, 2.24) is 10.2 Å². The van der Waals surface area contributed by atoms with Crippen molar-refractivity contribution in [1.29, 1.82) is 0 Å². The van der Waals surface area contributed by atoms with Gasteiger partial charge in [-0.3, -0.25) is 9.69 Å². The number of nitrogens with zero attached hydrogens (tertiary/aromatic N) is 1. The zero-order chi connectivity index (χ0) is 15.2. The molecule has 1 saturated heterocycles. The van der Waals surface area contributed by atoms with Crippen LogP contribution in [0.25, 0.3) is 0 Å². The summed E-state index contributed by atoms with van der Waals surface area (Å²) in [5, 5.41) is 6.59. The van der Waals surface area contributed by atoms with E-state index < -0.39 is 0 Å². The second-order valence-electron chi connectivity index (χ2n) is 5.80. The predicted molar refractivity (Wildman–Crippen MR) is 87.4 cm³/mol. The van der Waals surface area contributed by atoms with Crippen molar-refractivity contribution in [3.05, 3.63) is 30.3 Å². The lowest BCUT2D eigenvalue weighted by atomic mass is 10.0. The van der Waals surface area contributed by atoms with E-state index in [0.29, 0.717) is 12.1 Å². The van der Waals surface area contributed by atoms with Gasteiger partial charge in [-0.05, 0) is 31.9 Å². The Morgan fingerprint density at radius 1 is 1.33 bits per heavy atom. The van der Waals surface area contributed by atoms with Gasteiger partial charge in [-0.2, -0.15) is 0 Å². The Kier molecular flexibility index (Phi) is 5.76. The van der Waals surface area contributed by atoms with Gasteiger partial charge in [0.1, 0.15) is 0 Å². The Hall–Kier alpha value is -1.39. The van der Waals surface area contributed by atoms with Crippen LogP contribution in [0.3, 0.4) is 0 Å². The molecule has 1 amide bonds. The first-order valence-electron chi connectivity index (χ1n) is 8.00. The lowest BCUT2D eigenvalue weighted by Gasteiger charge is -2.42. The molecule has 116 valence electrons. The summed E-state index contributed by atoms with van der Waals surface area (Å²) in [6.45, 7) is 8.31. The number of nitrogens with one attached hydrogen (secondary N) is 2. The number of benzene rings is 1. The quantitative estimate of drug-likeness (QED) is 0.875. The van der Waals surface area contributed by atoms with Gasteiger partial charge in [-0.15, -0.1) is 0 Å². The minimum absolute atomic E-state index is 0.0800. The van der Waals surface area contributed by atoms with Crippen LogP contribution in [0.15, 0.2) is 30.3 Å². The third-order valence-corrected chi connectivity index (χ3v) is 4.42. The van der Waals surface area contributed by atoms with E-state index in [9.17, 15) is 4.79 Å². The Bertz CT molecular complexity index is 449. The number of hydrogen-bond donors (Lipinski definition) is 2. The van der Waals surface area contributed by atoms with Gasteiger partial charge < -0.3 is 10.6 Å². The fraction of sp³-hybridized carbons (Fsp3) is 0.588. The van der Waals surface area contributed by atoms with E-state index in [1.165, 1.54) is 0 Å². The van der Waals surface area contributed by atoms with Gasteiger partial charge in [0.2, 0.25) is 5.91 Å². The number of anilines is 1. The molecule has 21 heavy (non-hydrogen) atoms. The lowest BCUT2D eigenvalue weighted by molar-refractivity contribution is -0.122. The van der Waals surface area contributed by atoms with Gasteiger partial charge in [0, 0.05) is 30.9 Å². The fourth-order valence-corrected chi connectivity index (χ4v) is 2.93. The van der Waals surface area contributed by atoms with Crippen molar-refractivity contribution < 1.29 is 4.79 Å². The predicted octanol–water partition coefficient (Wildman–Crippen LogP) is 2.48. The molecule has 0 radical (unpaired) electrons. The van der Waals surface area contributed by atoms with Gasteiger partial charge in [-0.1, -0.05) is 32.0 Å². The molecule has 2 rings (SSSR count). The van der Waals surface area contributed by atoms with Crippen molar-refractivity contribution in [2.75, 3.05) is 18.4 Å². The third kappa shape index (κ3) is 4.05. The van der Waals surface area contributed by atoms with E-state index in [2.05, 4.69) is 29.4 Å². The molecule has 1 aliphatic heterocycles. The van der Waals surface area contributed by atoms with E-state index in [1.54, 1.807) is 0 Å². The average Bonchev–Trinajstić information content (AvgIpc) is 2.54. The van der Waals surface area contributed by atoms with Crippen LogP contribution in [0.5, 0.6) is 0 Å². The molecule has 2 N–H and O–H groups in total. The fourth-order valence-electron chi connectivity index (χ4n) is 2.93. The number of amides is 1. The highest BCUT2D eigenvalue weighted by atomic mass is 16.2. The number of carbonyl (C=O) groups is 1. The SMILES string of the molecule is CCC1CN(C(C)C(=O)Nc2ccccc2)C(CC)CN1. The van der Waals surface area contributed by atoms with E-state index in [-0.39, 0.29) is 11.9 Å². The molecule has 1 fully saturated rings. The normalized spacial score (nSPS) is 24.5. The maximum Gasteiger partial charge on any atom is 0.241 e. The van der Waals surface area contributed by atoms with Gasteiger partial charge in [-0.25, -0.2) is 0 Å². The molecular weight excluding hydrogens is 262 g/mol. The van der Waals surface area contributed by atoms with Gasteiger partial charge in [0.05, 0.1) is 6.04 Å². The minimum Gasteiger partial charge on any atom is -0.325 e. The third-order valence-electron chi connectivity index (χ3n) is 4.42. The summed E-state index contributed by atoms with van der Waals surface area (Å²) >= 11 is 0. The Morgan fingerprint density at radius 2 is 2.05 bits per heavy atom. The van der Waals surface area contributed by atoms with Gasteiger partial charge in [0.15, 0.2) is 0 Å². The summed E-state index contributed by atoms with van der Waals surface area (Å²) in [6.07, 6.45) is 2.16. The molecule has 0 aromatic heterocycles. The topological polar surface area (TPSA) is 44.4 Å². The van der Waals surface area contributed by atoms with Crippen molar-refractivity contribution in [2.24, 2.45) is 0 Å². The largest absolute Gasteiger partial charge is 0.325 e. The van der Waals surface area contributed by atoms with Crippen molar-refractivity contribution >= 4 is 11.6 Å². The highest BCUT2D eigenvalue weighted by molar-refractivity contribution is 5.94. The zero-order valence-electron chi connectivity index (χ0n) is 13.3. The first-order valence-corrected chi connectivity index (χ1v) is 8.00. The van der Waals surface area contributed by atoms with Crippen LogP contribution >= 0.6 is 0 Å². The van der Waals surface area contributed by atoms with Crippen LogP contribution in [0, 0.1) is 0 Å². The van der Waals surface area contributed by atoms with Crippen LogP contribution in [0.4, 0.5) is 5.69 Å². The second kappa shape index (κ2) is 7.57. The summed E-state index contributed by atoms with van der Waals surface area (Å²) in [6, 6.07) is 10.5. The lowest BCUT2D eigenvalue weighted by Crippen LogP contribution is -2.60. The number of rotatable bonds is 5. The molecule has 3 unspecified atom stereocenters. The van der Waals surface area contributed by atoms with E-state index in [0.717, 1.165) is 31.6 Å². The molecule has 0 spiro atoms. The minimum atomic E-state index is -0.105. The molecule has 1 aromatic rings. The van der Waals surface area contributed by atoms with Gasteiger partial charge >= 0.3 is 0 Å². The van der Waals surface area contributed by atoms with E-state index >= 15 is 0 Å². The Morgan fingerprint density at radius 3 is 2.67 bits per heavy atom. The van der Waals surface area contributed by atoms with Crippen LogP contribution in [-0.4, -0.2) is 42.0 Å². The molecular formula is C17H27N3O. The molecule has 1 aromatic carbocycles. The number of para-hydroxylation sites is 1. The van der Waals surface area contributed by atoms with Crippen LogP contribution in [-0.2, 0) is 4.79 Å². The molecule has 1 aliphatic rings. The highest BCUT2D eigenvalue weighted by Crippen LogP contribution is 2.17. The Labute approximate surface area is 127 Å². The molecule has 0 bridgehead atoms. The summed E-state index contributed by atoms with van der Waals surface area (Å²) < 4.78 is 0. The van der Waals surface area contributed by atoms with Crippen molar-refractivity contribution in [3.63, 3.8) is 0 Å². The molecule has 0 aliphatic carbocycles. The van der Waals surface area contributed by atoms with Crippen molar-refractivity contribution in [2.45, 2.75) is 51.7 Å². The number of hydrogen-bond acceptors (Lipinski definition) is 3.